The summed E-state index contributed by atoms with van der Waals surface area (Å²) in [6.45, 7) is 0. The van der Waals surface area contributed by atoms with Gasteiger partial charge in [-0.1, -0.05) is 23.7 Å². The summed E-state index contributed by atoms with van der Waals surface area (Å²) in [5, 5.41) is 18.7. The zero-order valence-electron chi connectivity index (χ0n) is 8.72. The van der Waals surface area contributed by atoms with Crippen LogP contribution in [-0.4, -0.2) is 5.91 Å². The molecule has 4 nitrogen and oxygen atoms in total. The van der Waals surface area contributed by atoms with E-state index in [9.17, 15) is 4.79 Å². The maximum absolute atomic E-state index is 11.2. The van der Waals surface area contributed by atoms with Crippen LogP contribution in [0, 0.1) is 34.0 Å². The van der Waals surface area contributed by atoms with E-state index < -0.39 is 23.2 Å². The third-order valence-corrected chi connectivity index (χ3v) is 3.36. The first kappa shape index (κ1) is 11.4. The van der Waals surface area contributed by atoms with E-state index in [4.69, 9.17) is 27.9 Å². The molecule has 0 aromatic heterocycles. The van der Waals surface area contributed by atoms with Gasteiger partial charge in [0.2, 0.25) is 5.91 Å². The number of hydrogen-bond donors (Lipinski definition) is 1. The molecule has 1 aromatic carbocycles. The normalized spacial score (nSPS) is 24.4. The molecule has 0 aliphatic heterocycles. The Morgan fingerprint density at radius 3 is 2.18 bits per heavy atom. The number of carbonyl (C=O) groups excluding carboxylic acids is 1. The molecule has 0 bridgehead atoms. The summed E-state index contributed by atoms with van der Waals surface area (Å²) in [5.74, 6) is -1.81. The van der Waals surface area contributed by atoms with E-state index in [-0.39, 0.29) is 0 Å². The van der Waals surface area contributed by atoms with Gasteiger partial charge in [-0.15, -0.1) is 0 Å². The maximum Gasteiger partial charge on any atom is 0.223 e. The number of hydrogen-bond acceptors (Lipinski definition) is 3. The molecule has 84 valence electrons. The van der Waals surface area contributed by atoms with Crippen molar-refractivity contribution in [2.45, 2.75) is 5.92 Å². The predicted octanol–water partition coefficient (Wildman–Crippen LogP) is 1.57. The number of nitriles is 2. The molecule has 0 heterocycles. The van der Waals surface area contributed by atoms with E-state index in [1.807, 2.05) is 12.1 Å². The first-order valence-corrected chi connectivity index (χ1v) is 5.32. The predicted molar refractivity (Wildman–Crippen MR) is 60.5 cm³/mol. The zero-order valence-corrected chi connectivity index (χ0v) is 9.48. The lowest BCUT2D eigenvalue weighted by atomic mass is 10.0. The Hall–Kier alpha value is -2.04. The van der Waals surface area contributed by atoms with Crippen LogP contribution in [0.3, 0.4) is 0 Å². The highest BCUT2D eigenvalue weighted by Crippen LogP contribution is 2.64. The van der Waals surface area contributed by atoms with Gasteiger partial charge in [-0.25, -0.2) is 0 Å². The van der Waals surface area contributed by atoms with Crippen molar-refractivity contribution >= 4 is 17.5 Å². The number of rotatable bonds is 2. The fraction of sp³-hybridized carbons (Fsp3) is 0.250. The van der Waals surface area contributed by atoms with E-state index in [1.54, 1.807) is 24.3 Å². The van der Waals surface area contributed by atoms with Crippen molar-refractivity contribution in [3.05, 3.63) is 34.9 Å². The molecular weight excluding hydrogens is 238 g/mol. The summed E-state index contributed by atoms with van der Waals surface area (Å²) in [7, 11) is 0. The molecule has 1 amide bonds. The quantitative estimate of drug-likeness (QED) is 0.857. The topological polar surface area (TPSA) is 90.7 Å². The molecule has 2 rings (SSSR count). The largest absolute Gasteiger partial charge is 0.369 e. The van der Waals surface area contributed by atoms with Crippen LogP contribution >= 0.6 is 11.6 Å². The van der Waals surface area contributed by atoms with E-state index in [1.165, 1.54) is 0 Å². The summed E-state index contributed by atoms with van der Waals surface area (Å²) in [5.41, 5.74) is 4.63. The van der Waals surface area contributed by atoms with E-state index in [0.29, 0.717) is 5.02 Å². The number of halogens is 1. The molecule has 0 radical (unpaired) electrons. The molecule has 0 unspecified atom stereocenters. The second-order valence-corrected chi connectivity index (χ2v) is 4.44. The van der Waals surface area contributed by atoms with Crippen molar-refractivity contribution in [2.24, 2.45) is 17.1 Å². The summed E-state index contributed by atoms with van der Waals surface area (Å²) in [6.07, 6.45) is 0. The van der Waals surface area contributed by atoms with Crippen LogP contribution in [0.25, 0.3) is 0 Å². The van der Waals surface area contributed by atoms with Crippen molar-refractivity contribution in [1.29, 1.82) is 10.5 Å². The van der Waals surface area contributed by atoms with Gasteiger partial charge >= 0.3 is 0 Å². The van der Waals surface area contributed by atoms with Gasteiger partial charge in [-0.05, 0) is 17.7 Å². The lowest BCUT2D eigenvalue weighted by Crippen LogP contribution is -2.17. The maximum atomic E-state index is 11.2. The van der Waals surface area contributed by atoms with Crippen LogP contribution in [0.15, 0.2) is 24.3 Å². The van der Waals surface area contributed by atoms with Crippen LogP contribution in [0.4, 0.5) is 0 Å². The highest BCUT2D eigenvalue weighted by molar-refractivity contribution is 6.30. The Morgan fingerprint density at radius 1 is 1.29 bits per heavy atom. The minimum atomic E-state index is -1.32. The second kappa shape index (κ2) is 3.76. The molecule has 1 aromatic rings. The second-order valence-electron chi connectivity index (χ2n) is 4.00. The van der Waals surface area contributed by atoms with Crippen LogP contribution in [0.1, 0.15) is 11.5 Å². The Labute approximate surface area is 103 Å². The Morgan fingerprint density at radius 2 is 1.82 bits per heavy atom. The number of benzene rings is 1. The van der Waals surface area contributed by atoms with Gasteiger partial charge in [-0.3, -0.25) is 4.79 Å². The van der Waals surface area contributed by atoms with Gasteiger partial charge in [0.25, 0.3) is 0 Å². The summed E-state index contributed by atoms with van der Waals surface area (Å²) in [6, 6.07) is 10.5. The third kappa shape index (κ3) is 1.54. The number of nitrogens with two attached hydrogens (primary N) is 1. The van der Waals surface area contributed by atoms with Gasteiger partial charge in [0.1, 0.15) is 0 Å². The molecule has 2 atom stereocenters. The minimum Gasteiger partial charge on any atom is -0.369 e. The SMILES string of the molecule is N#CC1(C#N)[C@H](C(N)=O)[C@H]1c1ccc(Cl)cc1. The molecule has 17 heavy (non-hydrogen) atoms. The number of amides is 1. The fourth-order valence-corrected chi connectivity index (χ4v) is 2.33. The monoisotopic (exact) mass is 245 g/mol. The average Bonchev–Trinajstić information content (AvgIpc) is 3.00. The Balaban J connectivity index is 2.41. The standard InChI is InChI=1S/C12H8ClN3O/c13-8-3-1-7(2-4-8)9-10(11(16)17)12(9,5-14)6-15/h1-4,9-10H,(H2,16,17)/t9-,10+/m1/s1. The molecule has 0 saturated heterocycles. The molecule has 1 aliphatic rings. The van der Waals surface area contributed by atoms with E-state index in [0.717, 1.165) is 5.56 Å². The van der Waals surface area contributed by atoms with Crippen LogP contribution in [0.5, 0.6) is 0 Å². The van der Waals surface area contributed by atoms with Crippen molar-refractivity contribution in [1.82, 2.24) is 0 Å². The molecule has 2 N–H and O–H groups in total. The Kier molecular flexibility index (Phi) is 2.53. The summed E-state index contributed by atoms with van der Waals surface area (Å²) < 4.78 is 0. The molecule has 5 heteroatoms. The Bertz CT molecular complexity index is 539. The van der Waals surface area contributed by atoms with Gasteiger partial charge in [0.05, 0.1) is 18.1 Å². The lowest BCUT2D eigenvalue weighted by molar-refractivity contribution is -0.119. The van der Waals surface area contributed by atoms with E-state index >= 15 is 0 Å². The van der Waals surface area contributed by atoms with Crippen molar-refractivity contribution in [2.75, 3.05) is 0 Å². The van der Waals surface area contributed by atoms with Gasteiger partial charge in [0.15, 0.2) is 5.41 Å². The molecule has 1 saturated carbocycles. The van der Waals surface area contributed by atoms with Gasteiger partial charge in [0, 0.05) is 10.9 Å². The van der Waals surface area contributed by atoms with Crippen LogP contribution in [0.2, 0.25) is 5.02 Å². The van der Waals surface area contributed by atoms with E-state index in [2.05, 4.69) is 0 Å². The summed E-state index contributed by atoms with van der Waals surface area (Å²) in [4.78, 5) is 11.2. The smallest absolute Gasteiger partial charge is 0.223 e. The average molecular weight is 246 g/mol. The lowest BCUT2D eigenvalue weighted by Gasteiger charge is -1.99. The van der Waals surface area contributed by atoms with Crippen LogP contribution < -0.4 is 5.73 Å². The molecule has 1 fully saturated rings. The van der Waals surface area contributed by atoms with Gasteiger partial charge < -0.3 is 5.73 Å². The van der Waals surface area contributed by atoms with Crippen molar-refractivity contribution in [3.8, 4) is 12.1 Å². The van der Waals surface area contributed by atoms with Gasteiger partial charge in [-0.2, -0.15) is 10.5 Å². The highest BCUT2D eigenvalue weighted by atomic mass is 35.5. The van der Waals surface area contributed by atoms with Crippen molar-refractivity contribution < 1.29 is 4.79 Å². The minimum absolute atomic E-state index is 0.452. The first-order valence-electron chi connectivity index (χ1n) is 4.94. The molecule has 1 aliphatic carbocycles. The summed E-state index contributed by atoms with van der Waals surface area (Å²) >= 11 is 5.75. The highest BCUT2D eigenvalue weighted by Gasteiger charge is 2.70. The van der Waals surface area contributed by atoms with Crippen molar-refractivity contribution in [3.63, 3.8) is 0 Å². The number of nitrogens with zero attached hydrogens (tertiary/aromatic N) is 2. The third-order valence-electron chi connectivity index (χ3n) is 3.11. The zero-order chi connectivity index (χ0) is 12.6. The molecule has 0 spiro atoms. The number of carbonyl (C=O) groups is 1. The number of primary amides is 1. The molecular formula is C12H8ClN3O. The first-order chi connectivity index (χ1) is 8.06. The van der Waals surface area contributed by atoms with Crippen LogP contribution in [-0.2, 0) is 4.79 Å². The fourth-order valence-electron chi connectivity index (χ4n) is 2.21.